The molecule has 3 rings (SSSR count). The van der Waals surface area contributed by atoms with E-state index < -0.39 is 0 Å². The van der Waals surface area contributed by atoms with Gasteiger partial charge in [0.2, 0.25) is 0 Å². The zero-order valence-corrected chi connectivity index (χ0v) is 12.1. The van der Waals surface area contributed by atoms with E-state index in [1.165, 1.54) is 31.2 Å². The van der Waals surface area contributed by atoms with Crippen LogP contribution in [0.2, 0.25) is 0 Å². The molecule has 0 radical (unpaired) electrons. The maximum atomic E-state index is 5.60. The van der Waals surface area contributed by atoms with Gasteiger partial charge in [-0.1, -0.05) is 36.3 Å². The van der Waals surface area contributed by atoms with Gasteiger partial charge in [-0.15, -0.1) is 6.42 Å². The lowest BCUT2D eigenvalue weighted by atomic mass is 10.0. The molecule has 2 nitrogen and oxygen atoms in total. The van der Waals surface area contributed by atoms with Crippen LogP contribution in [0.4, 0.5) is 0 Å². The average Bonchev–Trinajstić information content (AvgIpc) is 3.35. The molecule has 0 heterocycles. The first kappa shape index (κ1) is 13.7. The molecule has 0 saturated heterocycles. The van der Waals surface area contributed by atoms with E-state index in [1.54, 1.807) is 0 Å². The predicted octanol–water partition coefficient (Wildman–Crippen LogP) is 2.82. The van der Waals surface area contributed by atoms with Gasteiger partial charge in [-0.2, -0.15) is 0 Å². The molecule has 2 aliphatic rings. The summed E-state index contributed by atoms with van der Waals surface area (Å²) in [6, 6.07) is 12.0. The topological polar surface area (TPSA) is 15.3 Å². The fraction of sp³-hybridized carbons (Fsp3) is 0.556. The van der Waals surface area contributed by atoms with Gasteiger partial charge < -0.3 is 5.32 Å². The second kappa shape index (κ2) is 6.43. The van der Waals surface area contributed by atoms with Crippen molar-refractivity contribution in [2.45, 2.75) is 37.8 Å². The Morgan fingerprint density at radius 2 is 1.95 bits per heavy atom. The summed E-state index contributed by atoms with van der Waals surface area (Å²) in [6.07, 6.45) is 11.0. The van der Waals surface area contributed by atoms with Gasteiger partial charge in [0, 0.05) is 25.2 Å². The molecule has 106 valence electrons. The molecule has 20 heavy (non-hydrogen) atoms. The normalized spacial score (nSPS) is 19.8. The van der Waals surface area contributed by atoms with Crippen molar-refractivity contribution in [2.75, 3.05) is 19.6 Å². The Bertz CT molecular complexity index is 454. The van der Waals surface area contributed by atoms with Crippen LogP contribution in [0.15, 0.2) is 30.3 Å². The monoisotopic (exact) mass is 268 g/mol. The van der Waals surface area contributed by atoms with Crippen molar-refractivity contribution in [1.82, 2.24) is 10.2 Å². The van der Waals surface area contributed by atoms with Crippen LogP contribution in [-0.2, 0) is 0 Å². The maximum absolute atomic E-state index is 5.60. The zero-order valence-electron chi connectivity index (χ0n) is 12.1. The van der Waals surface area contributed by atoms with Crippen LogP contribution in [0.5, 0.6) is 0 Å². The van der Waals surface area contributed by atoms with E-state index in [0.717, 1.165) is 31.6 Å². The Balaban J connectivity index is 1.71. The first-order valence-corrected chi connectivity index (χ1v) is 7.82. The summed E-state index contributed by atoms with van der Waals surface area (Å²) in [5.74, 6) is 3.72. The summed E-state index contributed by atoms with van der Waals surface area (Å²) in [5.41, 5.74) is 1.39. The second-order valence-corrected chi connectivity index (χ2v) is 6.19. The van der Waals surface area contributed by atoms with Gasteiger partial charge >= 0.3 is 0 Å². The number of nitrogens with zero attached hydrogens (tertiary/aromatic N) is 1. The minimum Gasteiger partial charge on any atom is -0.312 e. The molecule has 1 unspecified atom stereocenters. The molecule has 0 bridgehead atoms. The Labute approximate surface area is 122 Å². The molecule has 2 saturated carbocycles. The summed E-state index contributed by atoms with van der Waals surface area (Å²) < 4.78 is 0. The summed E-state index contributed by atoms with van der Waals surface area (Å²) in [6.45, 7) is 2.92. The van der Waals surface area contributed by atoms with Crippen molar-refractivity contribution in [3.63, 3.8) is 0 Å². The van der Waals surface area contributed by atoms with E-state index in [2.05, 4.69) is 46.5 Å². The summed E-state index contributed by atoms with van der Waals surface area (Å²) in [5, 5.41) is 3.68. The second-order valence-electron chi connectivity index (χ2n) is 6.19. The highest BCUT2D eigenvalue weighted by atomic mass is 15.2. The van der Waals surface area contributed by atoms with Crippen molar-refractivity contribution in [3.8, 4) is 12.3 Å². The molecule has 2 aliphatic carbocycles. The molecule has 2 fully saturated rings. The van der Waals surface area contributed by atoms with Crippen LogP contribution in [0.1, 0.15) is 37.3 Å². The molecule has 0 aromatic heterocycles. The van der Waals surface area contributed by atoms with Crippen LogP contribution in [-0.4, -0.2) is 30.6 Å². The third-order valence-corrected chi connectivity index (χ3v) is 4.29. The van der Waals surface area contributed by atoms with Gasteiger partial charge in [-0.3, -0.25) is 4.90 Å². The molecule has 0 spiro atoms. The van der Waals surface area contributed by atoms with Crippen molar-refractivity contribution in [3.05, 3.63) is 35.9 Å². The lowest BCUT2D eigenvalue weighted by Gasteiger charge is -2.31. The van der Waals surface area contributed by atoms with Gasteiger partial charge in [0.15, 0.2) is 0 Å². The van der Waals surface area contributed by atoms with E-state index in [-0.39, 0.29) is 0 Å². The molecule has 1 N–H and O–H groups in total. The highest BCUT2D eigenvalue weighted by Gasteiger charge is 2.30. The van der Waals surface area contributed by atoms with Crippen LogP contribution in [0.25, 0.3) is 0 Å². The summed E-state index contributed by atoms with van der Waals surface area (Å²) in [7, 11) is 0. The number of rotatable bonds is 8. The molecule has 0 aliphatic heterocycles. The quantitative estimate of drug-likeness (QED) is 0.729. The van der Waals surface area contributed by atoms with E-state index >= 15 is 0 Å². The molecule has 1 atom stereocenters. The molecular formula is C18H24N2. The van der Waals surface area contributed by atoms with Crippen LogP contribution < -0.4 is 5.32 Å². The van der Waals surface area contributed by atoms with Crippen molar-refractivity contribution < 1.29 is 0 Å². The van der Waals surface area contributed by atoms with Crippen LogP contribution in [0.3, 0.4) is 0 Å². The van der Waals surface area contributed by atoms with Gasteiger partial charge in [-0.25, -0.2) is 0 Å². The Kier molecular flexibility index (Phi) is 4.40. The number of hydrogen-bond acceptors (Lipinski definition) is 2. The molecule has 0 amide bonds. The highest BCUT2D eigenvalue weighted by molar-refractivity contribution is 5.20. The molecule has 1 aromatic carbocycles. The fourth-order valence-corrected chi connectivity index (χ4v) is 2.75. The third-order valence-electron chi connectivity index (χ3n) is 4.29. The standard InChI is InChI=1S/C18H24N2/c1-2-12-20(14-15-8-9-15)18(13-19-17-10-11-17)16-6-4-3-5-7-16/h1,3-7,15,17-19H,8-14H2. The van der Waals surface area contributed by atoms with E-state index in [1.807, 2.05) is 0 Å². The van der Waals surface area contributed by atoms with Crippen molar-refractivity contribution in [1.29, 1.82) is 0 Å². The molecule has 2 heteroatoms. The first-order chi connectivity index (χ1) is 9.86. The molecule has 1 aromatic rings. The maximum Gasteiger partial charge on any atom is 0.0604 e. The predicted molar refractivity (Wildman–Crippen MR) is 83.3 cm³/mol. The Morgan fingerprint density at radius 3 is 2.55 bits per heavy atom. The largest absolute Gasteiger partial charge is 0.312 e. The minimum absolute atomic E-state index is 0.411. The minimum atomic E-state index is 0.411. The summed E-state index contributed by atoms with van der Waals surface area (Å²) in [4.78, 5) is 2.49. The van der Waals surface area contributed by atoms with Gasteiger partial charge in [0.05, 0.1) is 6.54 Å². The molecular weight excluding hydrogens is 244 g/mol. The summed E-state index contributed by atoms with van der Waals surface area (Å²) >= 11 is 0. The first-order valence-electron chi connectivity index (χ1n) is 7.82. The van der Waals surface area contributed by atoms with Crippen LogP contribution in [0, 0.1) is 18.3 Å². The Hall–Kier alpha value is -1.30. The Morgan fingerprint density at radius 1 is 1.20 bits per heavy atom. The van der Waals surface area contributed by atoms with Crippen LogP contribution >= 0.6 is 0 Å². The SMILES string of the molecule is C#CCN(CC1CC1)C(CNC1CC1)c1ccccc1. The van der Waals surface area contributed by atoms with Crippen molar-refractivity contribution in [2.24, 2.45) is 5.92 Å². The van der Waals surface area contributed by atoms with Gasteiger partial charge in [-0.05, 0) is 37.2 Å². The highest BCUT2D eigenvalue weighted by Crippen LogP contribution is 2.33. The average molecular weight is 268 g/mol. The number of nitrogens with one attached hydrogen (secondary N) is 1. The zero-order chi connectivity index (χ0) is 13.8. The van der Waals surface area contributed by atoms with E-state index in [0.29, 0.717) is 6.04 Å². The number of hydrogen-bond donors (Lipinski definition) is 1. The van der Waals surface area contributed by atoms with E-state index in [9.17, 15) is 0 Å². The fourth-order valence-electron chi connectivity index (χ4n) is 2.75. The smallest absolute Gasteiger partial charge is 0.0604 e. The van der Waals surface area contributed by atoms with Gasteiger partial charge in [0.1, 0.15) is 0 Å². The lowest BCUT2D eigenvalue weighted by molar-refractivity contribution is 0.207. The number of terminal acetylenes is 1. The number of benzene rings is 1. The third kappa shape index (κ3) is 3.85. The van der Waals surface area contributed by atoms with Gasteiger partial charge in [0.25, 0.3) is 0 Å². The lowest BCUT2D eigenvalue weighted by Crippen LogP contribution is -2.38. The van der Waals surface area contributed by atoms with Crippen molar-refractivity contribution >= 4 is 0 Å². The van der Waals surface area contributed by atoms with E-state index in [4.69, 9.17) is 6.42 Å².